The summed E-state index contributed by atoms with van der Waals surface area (Å²) in [6, 6.07) is 7.97. The number of fused-ring (bicyclic) bond motifs is 1. The number of hydrogen-bond acceptors (Lipinski definition) is 7. The number of nitrogens with one attached hydrogen (secondary N) is 1. The van der Waals surface area contributed by atoms with Gasteiger partial charge in [-0.05, 0) is 45.9 Å². The lowest BCUT2D eigenvalue weighted by molar-refractivity contribution is -0.159. The summed E-state index contributed by atoms with van der Waals surface area (Å²) in [4.78, 5) is 49.6. The molecule has 0 spiro atoms. The summed E-state index contributed by atoms with van der Waals surface area (Å²) >= 11 is 5.82. The molecule has 0 aliphatic carbocycles. The SMILES string of the molecule is CC(=O)c1cn(CCN2C[C@H](F)C[C@H]2C(=O)NCc2cccc(Cl)c2F)c2cc(P(=O)(O)OCOC(=O)C(C)(C)C)ccc12. The molecule has 44 heavy (non-hydrogen) atoms. The lowest BCUT2D eigenvalue weighted by atomic mass is 9.98. The van der Waals surface area contributed by atoms with Crippen molar-refractivity contribution in [2.45, 2.75) is 59.4 Å². The van der Waals surface area contributed by atoms with E-state index < -0.39 is 49.7 Å². The third-order valence-electron chi connectivity index (χ3n) is 7.37. The highest BCUT2D eigenvalue weighted by atomic mass is 35.5. The van der Waals surface area contributed by atoms with Gasteiger partial charge in [0, 0.05) is 60.8 Å². The Hall–Kier alpha value is -3.15. The summed E-state index contributed by atoms with van der Waals surface area (Å²) in [5, 5.41) is 3.04. The van der Waals surface area contributed by atoms with Crippen molar-refractivity contribution in [1.29, 1.82) is 0 Å². The van der Waals surface area contributed by atoms with Gasteiger partial charge in [-0.2, -0.15) is 0 Å². The number of ketones is 1. The first kappa shape index (κ1) is 33.7. The number of carbonyl (C=O) groups is 3. The Morgan fingerprint density at radius 1 is 1.18 bits per heavy atom. The second-order valence-corrected chi connectivity index (χ2v) is 13.9. The van der Waals surface area contributed by atoms with Gasteiger partial charge in [-0.3, -0.25) is 28.4 Å². The Kier molecular flexibility index (Phi) is 10.3. The van der Waals surface area contributed by atoms with Gasteiger partial charge >= 0.3 is 13.6 Å². The maximum Gasteiger partial charge on any atom is 0.361 e. The lowest BCUT2D eigenvalue weighted by Gasteiger charge is -2.24. The molecule has 0 saturated carbocycles. The minimum absolute atomic E-state index is 0.000593. The van der Waals surface area contributed by atoms with Crippen LogP contribution in [0.4, 0.5) is 8.78 Å². The van der Waals surface area contributed by atoms with Crippen LogP contribution < -0.4 is 10.6 Å². The van der Waals surface area contributed by atoms with Gasteiger partial charge in [-0.15, -0.1) is 0 Å². The molecule has 10 nitrogen and oxygen atoms in total. The van der Waals surface area contributed by atoms with Crippen LogP contribution in [-0.2, 0) is 36.5 Å². The Labute approximate surface area is 258 Å². The van der Waals surface area contributed by atoms with E-state index in [1.54, 1.807) is 42.5 Å². The van der Waals surface area contributed by atoms with Gasteiger partial charge < -0.3 is 19.5 Å². The summed E-state index contributed by atoms with van der Waals surface area (Å²) in [5.41, 5.74) is 0.209. The standard InChI is InChI=1S/C30H35ClF2N3O7P/c1-18(37)23-16-36(25-13-21(8-9-22(23)25)44(40,41)43-17-42-29(39)30(2,3)4)11-10-35-15-20(32)12-26(35)28(38)34-14-19-6-5-7-24(31)27(19)33/h5-9,13,16,20,26H,10-12,14-15,17H2,1-4H3,(H,34,38)(H,40,41)/t20-,26+/m1/s1. The molecule has 4 rings (SSSR count). The molecular weight excluding hydrogens is 619 g/mol. The molecule has 1 amide bonds. The van der Waals surface area contributed by atoms with Gasteiger partial charge in [0.15, 0.2) is 5.78 Å². The van der Waals surface area contributed by atoms with E-state index in [0.717, 1.165) is 0 Å². The maximum atomic E-state index is 14.5. The molecule has 2 heterocycles. The average Bonchev–Trinajstić information content (AvgIpc) is 3.51. The smallest absolute Gasteiger partial charge is 0.361 e. The van der Waals surface area contributed by atoms with Crippen LogP contribution in [0, 0.1) is 11.2 Å². The molecule has 238 valence electrons. The second kappa shape index (κ2) is 13.5. The fourth-order valence-electron chi connectivity index (χ4n) is 4.95. The number of amides is 1. The summed E-state index contributed by atoms with van der Waals surface area (Å²) in [6.07, 6.45) is 0.314. The molecule has 2 N–H and O–H groups in total. The number of alkyl halides is 1. The van der Waals surface area contributed by atoms with Crippen LogP contribution in [-0.4, -0.2) is 64.1 Å². The lowest BCUT2D eigenvalue weighted by Crippen LogP contribution is -2.44. The summed E-state index contributed by atoms with van der Waals surface area (Å²) < 4.78 is 53.5. The van der Waals surface area contributed by atoms with Gasteiger partial charge in [0.05, 0.1) is 21.8 Å². The predicted octanol–water partition coefficient (Wildman–Crippen LogP) is 4.74. The van der Waals surface area contributed by atoms with E-state index in [1.165, 1.54) is 37.3 Å². The normalized spacial score (nSPS) is 18.7. The van der Waals surface area contributed by atoms with Crippen LogP contribution >= 0.6 is 19.2 Å². The predicted molar refractivity (Wildman–Crippen MR) is 161 cm³/mol. The zero-order valence-corrected chi connectivity index (χ0v) is 26.5. The monoisotopic (exact) mass is 653 g/mol. The molecule has 2 aromatic carbocycles. The van der Waals surface area contributed by atoms with Crippen LogP contribution in [0.3, 0.4) is 0 Å². The summed E-state index contributed by atoms with van der Waals surface area (Å²) in [7, 11) is -4.43. The Bertz CT molecular complexity index is 1620. The molecule has 3 aromatic rings. The van der Waals surface area contributed by atoms with Crippen molar-refractivity contribution >= 4 is 53.1 Å². The highest BCUT2D eigenvalue weighted by Gasteiger charge is 2.37. The third kappa shape index (κ3) is 7.73. The van der Waals surface area contributed by atoms with Crippen LogP contribution in [0.1, 0.15) is 50.0 Å². The number of rotatable bonds is 11. The number of carbonyl (C=O) groups excluding carboxylic acids is 3. The first-order chi connectivity index (χ1) is 20.6. The molecule has 3 atom stereocenters. The van der Waals surface area contributed by atoms with Crippen LogP contribution in [0.2, 0.25) is 5.02 Å². The Morgan fingerprint density at radius 3 is 2.59 bits per heavy atom. The number of likely N-dealkylation sites (tertiary alicyclic amines) is 1. The van der Waals surface area contributed by atoms with Crippen molar-refractivity contribution in [3.63, 3.8) is 0 Å². The molecule has 0 bridgehead atoms. The molecule has 1 aromatic heterocycles. The topological polar surface area (TPSA) is 127 Å². The number of aromatic nitrogens is 1. The van der Waals surface area contributed by atoms with Gasteiger partial charge in [0.1, 0.15) is 12.0 Å². The minimum atomic E-state index is -4.43. The molecule has 1 unspecified atom stereocenters. The quantitative estimate of drug-likeness (QED) is 0.132. The van der Waals surface area contributed by atoms with Crippen molar-refractivity contribution < 1.29 is 41.9 Å². The van der Waals surface area contributed by atoms with Crippen LogP contribution in [0.25, 0.3) is 10.9 Å². The van der Waals surface area contributed by atoms with E-state index in [-0.39, 0.29) is 54.3 Å². The summed E-state index contributed by atoms with van der Waals surface area (Å²) in [5.74, 6) is -1.92. The molecule has 1 aliphatic heterocycles. The van der Waals surface area contributed by atoms with Crippen LogP contribution in [0.15, 0.2) is 42.6 Å². The van der Waals surface area contributed by atoms with Gasteiger partial charge in [-0.1, -0.05) is 29.8 Å². The van der Waals surface area contributed by atoms with Gasteiger partial charge in [0.25, 0.3) is 0 Å². The molecule has 14 heteroatoms. The fraction of sp³-hybridized carbons (Fsp3) is 0.433. The Balaban J connectivity index is 1.49. The Morgan fingerprint density at radius 2 is 1.91 bits per heavy atom. The fourth-order valence-corrected chi connectivity index (χ4v) is 6.04. The first-order valence-electron chi connectivity index (χ1n) is 14.0. The largest absolute Gasteiger partial charge is 0.438 e. The summed E-state index contributed by atoms with van der Waals surface area (Å²) in [6.45, 7) is 5.89. The third-order valence-corrected chi connectivity index (χ3v) is 9.05. The van der Waals surface area contributed by atoms with Crippen LogP contribution in [0.5, 0.6) is 0 Å². The van der Waals surface area contributed by atoms with Crippen molar-refractivity contribution in [3.05, 3.63) is 64.6 Å². The van der Waals surface area contributed by atoms with Crippen molar-refractivity contribution in [1.82, 2.24) is 14.8 Å². The van der Waals surface area contributed by atoms with E-state index in [9.17, 15) is 32.6 Å². The van der Waals surface area contributed by atoms with E-state index >= 15 is 0 Å². The molecule has 0 radical (unpaired) electrons. The number of ether oxygens (including phenoxy) is 1. The average molecular weight is 654 g/mol. The molecule has 1 fully saturated rings. The number of hydrogen-bond donors (Lipinski definition) is 2. The molecule has 1 saturated heterocycles. The number of halogens is 3. The zero-order valence-electron chi connectivity index (χ0n) is 24.8. The van der Waals surface area contributed by atoms with E-state index in [2.05, 4.69) is 5.32 Å². The zero-order chi connectivity index (χ0) is 32.4. The van der Waals surface area contributed by atoms with E-state index in [0.29, 0.717) is 16.5 Å². The molecule has 1 aliphatic rings. The highest BCUT2D eigenvalue weighted by Crippen LogP contribution is 2.41. The van der Waals surface area contributed by atoms with E-state index in [4.69, 9.17) is 20.9 Å². The second-order valence-electron chi connectivity index (χ2n) is 11.7. The minimum Gasteiger partial charge on any atom is -0.438 e. The van der Waals surface area contributed by atoms with Crippen molar-refractivity contribution in [3.8, 4) is 0 Å². The van der Waals surface area contributed by atoms with E-state index in [1.807, 2.05) is 0 Å². The van der Waals surface area contributed by atoms with Gasteiger partial charge in [0.2, 0.25) is 12.7 Å². The number of esters is 1. The molecular formula is C30H35ClF2N3O7P. The van der Waals surface area contributed by atoms with Gasteiger partial charge in [-0.25, -0.2) is 8.78 Å². The van der Waals surface area contributed by atoms with Crippen molar-refractivity contribution in [2.24, 2.45) is 5.41 Å². The van der Waals surface area contributed by atoms with Crippen molar-refractivity contribution in [2.75, 3.05) is 19.9 Å². The number of nitrogens with zero attached hydrogens (tertiary/aromatic N) is 2. The number of benzene rings is 2. The first-order valence-corrected chi connectivity index (χ1v) is 15.9. The number of Topliss-reactive ketones (excluding diaryl/α,β-unsaturated/α-hetero) is 1. The maximum absolute atomic E-state index is 14.5. The highest BCUT2D eigenvalue weighted by molar-refractivity contribution is 7.61.